The highest BCUT2D eigenvalue weighted by Gasteiger charge is 2.24. The van der Waals surface area contributed by atoms with Crippen molar-refractivity contribution in [3.8, 4) is 0 Å². The summed E-state index contributed by atoms with van der Waals surface area (Å²) < 4.78 is 13.1. The molecule has 160 valence electrons. The molecule has 0 aliphatic carbocycles. The Morgan fingerprint density at radius 1 is 0.931 bits per heavy atom. The highest BCUT2D eigenvalue weighted by molar-refractivity contribution is 5.79. The predicted molar refractivity (Wildman–Crippen MR) is 111 cm³/mol. The van der Waals surface area contributed by atoms with Crippen LogP contribution in [0.15, 0.2) is 24.3 Å². The van der Waals surface area contributed by atoms with Crippen molar-refractivity contribution in [3.63, 3.8) is 0 Å². The molecule has 0 radical (unpaired) electrons. The number of carbonyl (C=O) groups excluding carboxylic acids is 2. The minimum absolute atomic E-state index is 0.0587. The second-order valence-corrected chi connectivity index (χ2v) is 8.23. The maximum atomic E-state index is 13.1. The summed E-state index contributed by atoms with van der Waals surface area (Å²) in [6, 6.07) is 6.20. The maximum Gasteiger partial charge on any atom is 0.236 e. The molecule has 2 saturated heterocycles. The summed E-state index contributed by atoms with van der Waals surface area (Å²) in [6.45, 7) is 7.96. The Balaban J connectivity index is 1.46. The molecule has 0 saturated carbocycles. The molecule has 29 heavy (non-hydrogen) atoms. The highest BCUT2D eigenvalue weighted by Crippen LogP contribution is 2.19. The lowest BCUT2D eigenvalue weighted by Gasteiger charge is -2.28. The number of likely N-dealkylation sites (N-methyl/N-ethyl adjacent to an activating group) is 1. The fourth-order valence-electron chi connectivity index (χ4n) is 4.08. The van der Waals surface area contributed by atoms with Crippen LogP contribution < -0.4 is 0 Å². The van der Waals surface area contributed by atoms with Gasteiger partial charge in [-0.15, -0.1) is 0 Å². The van der Waals surface area contributed by atoms with Crippen LogP contribution in [-0.2, 0) is 9.59 Å². The van der Waals surface area contributed by atoms with Crippen molar-refractivity contribution < 1.29 is 14.0 Å². The molecule has 1 unspecified atom stereocenters. The molecule has 2 amide bonds. The van der Waals surface area contributed by atoms with E-state index in [1.807, 2.05) is 11.8 Å². The van der Waals surface area contributed by atoms with Crippen molar-refractivity contribution in [2.75, 3.05) is 59.4 Å². The maximum absolute atomic E-state index is 13.1. The monoisotopic (exact) mass is 404 g/mol. The number of hydrogen-bond donors (Lipinski definition) is 0. The molecule has 0 aromatic heterocycles. The molecule has 3 rings (SSSR count). The van der Waals surface area contributed by atoms with E-state index in [9.17, 15) is 14.0 Å². The minimum atomic E-state index is -0.271. The normalized spacial score (nSPS) is 19.8. The molecule has 2 aliphatic heterocycles. The van der Waals surface area contributed by atoms with E-state index in [2.05, 4.69) is 9.80 Å². The van der Waals surface area contributed by atoms with Gasteiger partial charge in [0, 0.05) is 33.2 Å². The van der Waals surface area contributed by atoms with Gasteiger partial charge in [-0.05, 0) is 57.0 Å². The summed E-state index contributed by atoms with van der Waals surface area (Å²) in [6.07, 6.45) is 3.19. The first-order valence-corrected chi connectivity index (χ1v) is 10.7. The second kappa shape index (κ2) is 10.2. The van der Waals surface area contributed by atoms with Crippen LogP contribution in [0.4, 0.5) is 4.39 Å². The summed E-state index contributed by atoms with van der Waals surface area (Å²) in [7, 11) is 1.80. The van der Waals surface area contributed by atoms with Crippen molar-refractivity contribution in [2.45, 2.75) is 32.2 Å². The largest absolute Gasteiger partial charge is 0.342 e. The van der Waals surface area contributed by atoms with Gasteiger partial charge in [-0.25, -0.2) is 4.39 Å². The lowest BCUT2D eigenvalue weighted by Crippen LogP contribution is -2.42. The van der Waals surface area contributed by atoms with Gasteiger partial charge in [-0.2, -0.15) is 0 Å². The van der Waals surface area contributed by atoms with Gasteiger partial charge < -0.3 is 9.80 Å². The van der Waals surface area contributed by atoms with Gasteiger partial charge in [0.1, 0.15) is 5.82 Å². The number of carbonyl (C=O) groups is 2. The number of nitrogens with zero attached hydrogens (tertiary/aromatic N) is 4. The molecule has 2 aliphatic rings. The van der Waals surface area contributed by atoms with E-state index in [0.29, 0.717) is 13.1 Å². The minimum Gasteiger partial charge on any atom is -0.342 e. The first kappa shape index (κ1) is 21.7. The number of halogens is 1. The van der Waals surface area contributed by atoms with Crippen LogP contribution in [0, 0.1) is 5.82 Å². The van der Waals surface area contributed by atoms with E-state index in [0.717, 1.165) is 64.1 Å². The van der Waals surface area contributed by atoms with Crippen molar-refractivity contribution in [3.05, 3.63) is 35.6 Å². The van der Waals surface area contributed by atoms with Crippen molar-refractivity contribution >= 4 is 11.8 Å². The summed E-state index contributed by atoms with van der Waals surface area (Å²) in [5.41, 5.74) is 0.921. The van der Waals surface area contributed by atoms with E-state index in [-0.39, 0.29) is 23.7 Å². The second-order valence-electron chi connectivity index (χ2n) is 8.23. The van der Waals surface area contributed by atoms with Crippen LogP contribution in [0.5, 0.6) is 0 Å². The Hall–Kier alpha value is -1.99. The number of likely N-dealkylation sites (tertiary alicyclic amines) is 1. The fourth-order valence-corrected chi connectivity index (χ4v) is 4.08. The van der Waals surface area contributed by atoms with E-state index in [1.54, 1.807) is 24.1 Å². The van der Waals surface area contributed by atoms with Gasteiger partial charge in [0.25, 0.3) is 0 Å². The summed E-state index contributed by atoms with van der Waals surface area (Å²) in [4.78, 5) is 33.3. The molecular formula is C22H33FN4O2. The number of rotatable bonds is 6. The Morgan fingerprint density at radius 2 is 1.52 bits per heavy atom. The van der Waals surface area contributed by atoms with E-state index in [4.69, 9.17) is 0 Å². The lowest BCUT2D eigenvalue weighted by molar-refractivity contribution is -0.133. The van der Waals surface area contributed by atoms with Gasteiger partial charge in [0.2, 0.25) is 11.8 Å². The van der Waals surface area contributed by atoms with Gasteiger partial charge in [-0.1, -0.05) is 12.1 Å². The fraction of sp³-hybridized carbons (Fsp3) is 0.636. The van der Waals surface area contributed by atoms with Gasteiger partial charge >= 0.3 is 0 Å². The Morgan fingerprint density at radius 3 is 2.14 bits per heavy atom. The van der Waals surface area contributed by atoms with Crippen LogP contribution in [0.25, 0.3) is 0 Å². The van der Waals surface area contributed by atoms with Gasteiger partial charge in [-0.3, -0.25) is 19.4 Å². The number of amides is 2. The standard InChI is InChI=1S/C22H33FN4O2/c1-18(19-6-8-20(23)9-7-19)24(2)21(28)16-25-10-5-11-26(15-14-25)17-22(29)27-12-3-4-13-27/h6-9,18H,3-5,10-17H2,1-2H3. The third-order valence-corrected chi connectivity index (χ3v) is 6.18. The molecule has 0 bridgehead atoms. The molecule has 1 atom stereocenters. The molecule has 7 heteroatoms. The summed E-state index contributed by atoms with van der Waals surface area (Å²) >= 11 is 0. The average Bonchev–Trinajstić information content (AvgIpc) is 3.17. The Bertz CT molecular complexity index is 691. The van der Waals surface area contributed by atoms with Crippen LogP contribution in [0.1, 0.15) is 37.8 Å². The average molecular weight is 405 g/mol. The van der Waals surface area contributed by atoms with E-state index >= 15 is 0 Å². The topological polar surface area (TPSA) is 47.1 Å². The zero-order valence-electron chi connectivity index (χ0n) is 17.6. The van der Waals surface area contributed by atoms with Crippen LogP contribution in [0.3, 0.4) is 0 Å². The molecule has 0 spiro atoms. The number of hydrogen-bond acceptors (Lipinski definition) is 4. The molecule has 6 nitrogen and oxygen atoms in total. The van der Waals surface area contributed by atoms with Crippen molar-refractivity contribution in [2.24, 2.45) is 0 Å². The molecule has 0 N–H and O–H groups in total. The Labute approximate surface area is 173 Å². The van der Waals surface area contributed by atoms with Gasteiger partial charge in [0.05, 0.1) is 19.1 Å². The van der Waals surface area contributed by atoms with Crippen LogP contribution >= 0.6 is 0 Å². The van der Waals surface area contributed by atoms with Crippen molar-refractivity contribution in [1.82, 2.24) is 19.6 Å². The summed E-state index contributed by atoms with van der Waals surface area (Å²) in [5.74, 6) is 0.0237. The number of benzene rings is 1. The zero-order valence-corrected chi connectivity index (χ0v) is 17.6. The van der Waals surface area contributed by atoms with Gasteiger partial charge in [0.15, 0.2) is 0 Å². The molecule has 2 fully saturated rings. The van der Waals surface area contributed by atoms with E-state index in [1.165, 1.54) is 12.1 Å². The molecule has 2 heterocycles. The smallest absolute Gasteiger partial charge is 0.236 e. The third kappa shape index (κ3) is 6.00. The third-order valence-electron chi connectivity index (χ3n) is 6.18. The molecule has 1 aromatic carbocycles. The lowest BCUT2D eigenvalue weighted by atomic mass is 10.1. The molecule has 1 aromatic rings. The summed E-state index contributed by atoms with van der Waals surface area (Å²) in [5, 5.41) is 0. The zero-order chi connectivity index (χ0) is 20.8. The van der Waals surface area contributed by atoms with Crippen LogP contribution in [-0.4, -0.2) is 90.8 Å². The first-order valence-electron chi connectivity index (χ1n) is 10.7. The molecular weight excluding hydrogens is 371 g/mol. The first-order chi connectivity index (χ1) is 13.9. The Kier molecular flexibility index (Phi) is 7.61. The van der Waals surface area contributed by atoms with Crippen LogP contribution in [0.2, 0.25) is 0 Å². The SMILES string of the molecule is CC(c1ccc(F)cc1)N(C)C(=O)CN1CCCN(CC(=O)N2CCCC2)CC1. The van der Waals surface area contributed by atoms with Crippen molar-refractivity contribution in [1.29, 1.82) is 0 Å². The quantitative estimate of drug-likeness (QED) is 0.727. The highest BCUT2D eigenvalue weighted by atomic mass is 19.1. The predicted octanol–water partition coefficient (Wildman–Crippen LogP) is 1.98. The van der Waals surface area contributed by atoms with E-state index < -0.39 is 0 Å².